The van der Waals surface area contributed by atoms with Crippen LogP contribution in [0.1, 0.15) is 20.8 Å². The van der Waals surface area contributed by atoms with E-state index in [0.29, 0.717) is 37.8 Å². The van der Waals surface area contributed by atoms with Crippen LogP contribution in [0.5, 0.6) is 0 Å². The zero-order valence-corrected chi connectivity index (χ0v) is 14.9. The summed E-state index contributed by atoms with van der Waals surface area (Å²) in [5, 5.41) is 2.19. The van der Waals surface area contributed by atoms with Gasteiger partial charge in [0, 0.05) is 32.5 Å². The fourth-order valence-corrected chi connectivity index (χ4v) is 2.72. The summed E-state index contributed by atoms with van der Waals surface area (Å²) < 4.78 is 11.9. The SMILES string of the molecule is Cn1cccc1C(=O)NC(=O)COC(=O)c1cccnc1N1CCOCC1. The number of carbonyl (C=O) groups excluding carboxylic acids is 3. The Morgan fingerprint density at radius 3 is 2.70 bits per heavy atom. The van der Waals surface area contributed by atoms with E-state index in [2.05, 4.69) is 10.3 Å². The van der Waals surface area contributed by atoms with Crippen molar-refractivity contribution in [2.45, 2.75) is 0 Å². The largest absolute Gasteiger partial charge is 0.452 e. The number of aromatic nitrogens is 2. The summed E-state index contributed by atoms with van der Waals surface area (Å²) >= 11 is 0. The molecule has 0 radical (unpaired) electrons. The summed E-state index contributed by atoms with van der Waals surface area (Å²) in [6, 6.07) is 6.49. The van der Waals surface area contributed by atoms with Gasteiger partial charge in [-0.15, -0.1) is 0 Å². The first kappa shape index (κ1) is 18.6. The number of imide groups is 1. The standard InChI is InChI=1S/C18H20N4O5/c1-21-7-3-5-14(21)17(24)20-15(23)12-27-18(25)13-4-2-6-19-16(13)22-8-10-26-11-9-22/h2-7H,8-12H2,1H3,(H,20,23,24). The Labute approximate surface area is 155 Å². The number of ether oxygens (including phenoxy) is 2. The van der Waals surface area contributed by atoms with Crippen LogP contribution in [0.3, 0.4) is 0 Å². The second-order valence-corrected chi connectivity index (χ2v) is 5.93. The Bertz CT molecular complexity index is 842. The van der Waals surface area contributed by atoms with Crippen LogP contribution in [0.15, 0.2) is 36.7 Å². The third kappa shape index (κ3) is 4.50. The first-order chi connectivity index (χ1) is 13.1. The molecule has 3 heterocycles. The average Bonchev–Trinajstić information content (AvgIpc) is 3.13. The van der Waals surface area contributed by atoms with Crippen LogP contribution in [0, 0.1) is 0 Å². The number of anilines is 1. The average molecular weight is 372 g/mol. The van der Waals surface area contributed by atoms with Crippen molar-refractivity contribution in [2.24, 2.45) is 7.05 Å². The summed E-state index contributed by atoms with van der Waals surface area (Å²) in [5.41, 5.74) is 0.595. The Morgan fingerprint density at radius 2 is 2.00 bits per heavy atom. The zero-order valence-electron chi connectivity index (χ0n) is 14.9. The monoisotopic (exact) mass is 372 g/mol. The molecule has 9 heteroatoms. The smallest absolute Gasteiger partial charge is 0.342 e. The Kier molecular flexibility index (Phi) is 5.82. The Morgan fingerprint density at radius 1 is 1.22 bits per heavy atom. The van der Waals surface area contributed by atoms with Gasteiger partial charge in [0.05, 0.1) is 13.2 Å². The van der Waals surface area contributed by atoms with E-state index < -0.39 is 24.4 Å². The van der Waals surface area contributed by atoms with Crippen LogP contribution in [-0.2, 0) is 21.3 Å². The number of nitrogens with one attached hydrogen (secondary N) is 1. The maximum Gasteiger partial charge on any atom is 0.342 e. The van der Waals surface area contributed by atoms with Gasteiger partial charge in [-0.3, -0.25) is 14.9 Å². The topological polar surface area (TPSA) is 103 Å². The number of esters is 1. The van der Waals surface area contributed by atoms with Crippen LogP contribution in [0.4, 0.5) is 5.82 Å². The van der Waals surface area contributed by atoms with Crippen molar-refractivity contribution >= 4 is 23.6 Å². The molecule has 1 saturated heterocycles. The molecule has 0 saturated carbocycles. The van der Waals surface area contributed by atoms with E-state index in [1.165, 1.54) is 0 Å². The fourth-order valence-electron chi connectivity index (χ4n) is 2.72. The number of amides is 2. The van der Waals surface area contributed by atoms with Gasteiger partial charge in [-0.1, -0.05) is 0 Å². The van der Waals surface area contributed by atoms with E-state index in [1.807, 2.05) is 4.90 Å². The third-order valence-electron chi connectivity index (χ3n) is 4.08. The minimum atomic E-state index is -0.702. The van der Waals surface area contributed by atoms with Crippen LogP contribution < -0.4 is 10.2 Å². The molecular weight excluding hydrogens is 352 g/mol. The first-order valence-electron chi connectivity index (χ1n) is 8.46. The Hall–Kier alpha value is -3.20. The number of carbonyl (C=O) groups is 3. The molecular formula is C18H20N4O5. The number of hydrogen-bond donors (Lipinski definition) is 1. The Balaban J connectivity index is 1.58. The van der Waals surface area contributed by atoms with Crippen molar-refractivity contribution in [3.05, 3.63) is 47.9 Å². The van der Waals surface area contributed by atoms with E-state index in [1.54, 1.807) is 48.3 Å². The van der Waals surface area contributed by atoms with Crippen molar-refractivity contribution < 1.29 is 23.9 Å². The van der Waals surface area contributed by atoms with E-state index in [-0.39, 0.29) is 5.56 Å². The lowest BCUT2D eigenvalue weighted by Crippen LogP contribution is -2.38. The van der Waals surface area contributed by atoms with Crippen molar-refractivity contribution in [2.75, 3.05) is 37.8 Å². The minimum absolute atomic E-state index is 0.265. The van der Waals surface area contributed by atoms with Crippen molar-refractivity contribution in [1.82, 2.24) is 14.9 Å². The van der Waals surface area contributed by atoms with Crippen molar-refractivity contribution in [1.29, 1.82) is 0 Å². The second kappa shape index (κ2) is 8.45. The highest BCUT2D eigenvalue weighted by Gasteiger charge is 2.22. The molecule has 0 aromatic carbocycles. The lowest BCUT2D eigenvalue weighted by atomic mass is 10.2. The minimum Gasteiger partial charge on any atom is -0.452 e. The van der Waals surface area contributed by atoms with Gasteiger partial charge in [-0.05, 0) is 24.3 Å². The molecule has 2 aromatic heterocycles. The molecule has 0 bridgehead atoms. The molecule has 0 aliphatic carbocycles. The summed E-state index contributed by atoms with van der Waals surface area (Å²) in [5.74, 6) is -1.44. The molecule has 1 aliphatic heterocycles. The molecule has 3 rings (SSSR count). The molecule has 0 unspecified atom stereocenters. The van der Waals surface area contributed by atoms with E-state index in [9.17, 15) is 14.4 Å². The van der Waals surface area contributed by atoms with Gasteiger partial charge in [-0.25, -0.2) is 9.78 Å². The van der Waals surface area contributed by atoms with E-state index >= 15 is 0 Å². The fraction of sp³-hybridized carbons (Fsp3) is 0.333. The van der Waals surface area contributed by atoms with Gasteiger partial charge in [-0.2, -0.15) is 0 Å². The van der Waals surface area contributed by atoms with E-state index in [4.69, 9.17) is 9.47 Å². The predicted octanol–water partition coefficient (Wildman–Crippen LogP) is 0.370. The van der Waals surface area contributed by atoms with Gasteiger partial charge < -0.3 is 18.9 Å². The molecule has 1 fully saturated rings. The second-order valence-electron chi connectivity index (χ2n) is 5.93. The molecule has 2 aromatic rings. The summed E-state index contributed by atoms with van der Waals surface area (Å²) in [7, 11) is 1.69. The van der Waals surface area contributed by atoms with E-state index in [0.717, 1.165) is 0 Å². The van der Waals surface area contributed by atoms with Crippen molar-refractivity contribution in [3.8, 4) is 0 Å². The predicted molar refractivity (Wildman–Crippen MR) is 95.4 cm³/mol. The molecule has 1 aliphatic rings. The summed E-state index contributed by atoms with van der Waals surface area (Å²) in [6.07, 6.45) is 3.28. The van der Waals surface area contributed by atoms with Gasteiger partial charge in [0.1, 0.15) is 17.1 Å². The summed E-state index contributed by atoms with van der Waals surface area (Å²) in [4.78, 5) is 42.5. The number of rotatable bonds is 5. The zero-order chi connectivity index (χ0) is 19.2. The summed E-state index contributed by atoms with van der Waals surface area (Å²) in [6.45, 7) is 1.77. The molecule has 9 nitrogen and oxygen atoms in total. The number of pyridine rings is 1. The lowest BCUT2D eigenvalue weighted by molar-refractivity contribution is -0.123. The normalized spacial score (nSPS) is 13.9. The molecule has 142 valence electrons. The van der Waals surface area contributed by atoms with Crippen molar-refractivity contribution in [3.63, 3.8) is 0 Å². The van der Waals surface area contributed by atoms with Gasteiger partial charge in [0.2, 0.25) is 0 Å². The number of morpholine rings is 1. The molecule has 1 N–H and O–H groups in total. The maximum atomic E-state index is 12.4. The van der Waals surface area contributed by atoms with Crippen LogP contribution in [0.2, 0.25) is 0 Å². The van der Waals surface area contributed by atoms with Crippen LogP contribution >= 0.6 is 0 Å². The van der Waals surface area contributed by atoms with Gasteiger partial charge >= 0.3 is 5.97 Å². The van der Waals surface area contributed by atoms with Crippen LogP contribution in [0.25, 0.3) is 0 Å². The first-order valence-corrected chi connectivity index (χ1v) is 8.46. The van der Waals surface area contributed by atoms with Crippen LogP contribution in [-0.4, -0.2) is 60.2 Å². The quantitative estimate of drug-likeness (QED) is 0.757. The molecule has 0 atom stereocenters. The number of aryl methyl sites for hydroxylation is 1. The highest BCUT2D eigenvalue weighted by molar-refractivity contribution is 6.05. The third-order valence-corrected chi connectivity index (χ3v) is 4.08. The lowest BCUT2D eigenvalue weighted by Gasteiger charge is -2.28. The maximum absolute atomic E-state index is 12.4. The molecule has 2 amide bonds. The molecule has 27 heavy (non-hydrogen) atoms. The van der Waals surface area contributed by atoms with Gasteiger partial charge in [0.25, 0.3) is 11.8 Å². The highest BCUT2D eigenvalue weighted by atomic mass is 16.5. The molecule has 0 spiro atoms. The number of nitrogens with zero attached hydrogens (tertiary/aromatic N) is 3. The number of hydrogen-bond acceptors (Lipinski definition) is 7. The van der Waals surface area contributed by atoms with Gasteiger partial charge in [0.15, 0.2) is 6.61 Å². The highest BCUT2D eigenvalue weighted by Crippen LogP contribution is 2.19.